The van der Waals surface area contributed by atoms with Crippen molar-refractivity contribution in [1.29, 1.82) is 0 Å². The van der Waals surface area contributed by atoms with Gasteiger partial charge in [0.25, 0.3) is 5.70 Å². The summed E-state index contributed by atoms with van der Waals surface area (Å²) in [6.45, 7) is 1.65. The van der Waals surface area contributed by atoms with Crippen LogP contribution in [0.4, 0.5) is 4.39 Å². The van der Waals surface area contributed by atoms with Gasteiger partial charge in [-0.2, -0.15) is 0 Å². The maximum atomic E-state index is 13.5. The number of hydrogen-bond acceptors (Lipinski definition) is 2. The molecule has 0 radical (unpaired) electrons. The van der Waals surface area contributed by atoms with Crippen LogP contribution in [0.15, 0.2) is 54.2 Å². The molecule has 102 valence electrons. The van der Waals surface area contributed by atoms with E-state index in [9.17, 15) is 14.5 Å². The van der Waals surface area contributed by atoms with E-state index in [-0.39, 0.29) is 17.9 Å². The van der Waals surface area contributed by atoms with Gasteiger partial charge in [-0.15, -0.1) is 0 Å². The van der Waals surface area contributed by atoms with Gasteiger partial charge in [0.15, 0.2) is 0 Å². The minimum absolute atomic E-state index is 0.0412. The van der Waals surface area contributed by atoms with Gasteiger partial charge in [0, 0.05) is 6.08 Å². The summed E-state index contributed by atoms with van der Waals surface area (Å²) in [5.74, 6) is -0.360. The van der Waals surface area contributed by atoms with Crippen molar-refractivity contribution in [2.75, 3.05) is 0 Å². The number of nitrogens with zero attached hydrogens (tertiary/aromatic N) is 1. The van der Waals surface area contributed by atoms with Crippen LogP contribution in [0, 0.1) is 22.9 Å². The van der Waals surface area contributed by atoms with Crippen LogP contribution < -0.4 is 0 Å². The van der Waals surface area contributed by atoms with Crippen molar-refractivity contribution >= 4 is 6.08 Å². The molecule has 0 fully saturated rings. The first-order chi connectivity index (χ1) is 9.56. The van der Waals surface area contributed by atoms with Gasteiger partial charge in [0.2, 0.25) is 0 Å². The largest absolute Gasteiger partial charge is 0.259 e. The number of halogens is 1. The van der Waals surface area contributed by atoms with Crippen LogP contribution in [0.2, 0.25) is 0 Å². The van der Waals surface area contributed by atoms with Gasteiger partial charge in [0.1, 0.15) is 5.82 Å². The second kappa shape index (κ2) is 6.10. The number of nitro groups is 1. The average Bonchev–Trinajstić information content (AvgIpc) is 2.43. The first-order valence-electron chi connectivity index (χ1n) is 6.21. The molecule has 0 saturated carbocycles. The van der Waals surface area contributed by atoms with Gasteiger partial charge in [-0.05, 0) is 29.7 Å². The molecule has 20 heavy (non-hydrogen) atoms. The molecule has 0 aliphatic heterocycles. The van der Waals surface area contributed by atoms with Gasteiger partial charge in [0.05, 0.1) is 11.3 Å². The van der Waals surface area contributed by atoms with E-state index >= 15 is 0 Å². The normalized spacial score (nSPS) is 11.4. The van der Waals surface area contributed by atoms with E-state index in [2.05, 4.69) is 0 Å². The fourth-order valence-electron chi connectivity index (χ4n) is 1.86. The van der Waals surface area contributed by atoms with E-state index < -0.39 is 4.92 Å². The van der Waals surface area contributed by atoms with Crippen molar-refractivity contribution in [2.45, 2.75) is 13.3 Å². The highest BCUT2D eigenvalue weighted by Gasteiger charge is 2.12. The van der Waals surface area contributed by atoms with Crippen molar-refractivity contribution in [2.24, 2.45) is 0 Å². The molecule has 0 aliphatic rings. The van der Waals surface area contributed by atoms with E-state index in [1.807, 2.05) is 30.3 Å². The van der Waals surface area contributed by atoms with Crippen LogP contribution in [-0.4, -0.2) is 4.92 Å². The molecule has 2 rings (SSSR count). The summed E-state index contributed by atoms with van der Waals surface area (Å²) < 4.78 is 13.5. The number of rotatable bonds is 4. The lowest BCUT2D eigenvalue weighted by Crippen LogP contribution is -2.02. The predicted octanol–water partition coefficient (Wildman–Crippen LogP) is 3.99. The number of aryl methyl sites for hydroxylation is 1. The van der Waals surface area contributed by atoms with Crippen LogP contribution >= 0.6 is 0 Å². The molecular weight excluding hydrogens is 257 g/mol. The van der Waals surface area contributed by atoms with Gasteiger partial charge >= 0.3 is 0 Å². The maximum Gasteiger partial charge on any atom is 0.251 e. The lowest BCUT2D eigenvalue weighted by molar-refractivity contribution is -0.425. The first kappa shape index (κ1) is 13.9. The second-order valence-corrected chi connectivity index (χ2v) is 4.56. The summed E-state index contributed by atoms with van der Waals surface area (Å²) in [5, 5.41) is 11.1. The van der Waals surface area contributed by atoms with Crippen LogP contribution in [0.1, 0.15) is 16.7 Å². The Bertz CT molecular complexity index is 651. The van der Waals surface area contributed by atoms with E-state index in [0.717, 1.165) is 5.56 Å². The highest BCUT2D eigenvalue weighted by molar-refractivity contribution is 5.52. The molecular formula is C16H14FNO2. The maximum absolute atomic E-state index is 13.5. The average molecular weight is 271 g/mol. The van der Waals surface area contributed by atoms with E-state index in [4.69, 9.17) is 0 Å². The summed E-state index contributed by atoms with van der Waals surface area (Å²) in [4.78, 5) is 10.7. The third-order valence-corrected chi connectivity index (χ3v) is 2.99. The molecule has 0 spiro atoms. The zero-order valence-electron chi connectivity index (χ0n) is 11.0. The molecule has 0 bridgehead atoms. The Kier molecular flexibility index (Phi) is 4.25. The lowest BCUT2D eigenvalue weighted by Gasteiger charge is -2.01. The summed E-state index contributed by atoms with van der Waals surface area (Å²) in [7, 11) is 0. The molecule has 2 aromatic rings. The van der Waals surface area contributed by atoms with Crippen LogP contribution in [-0.2, 0) is 6.42 Å². The molecule has 0 amide bonds. The molecule has 0 aliphatic carbocycles. The second-order valence-electron chi connectivity index (χ2n) is 4.56. The van der Waals surface area contributed by atoms with Gasteiger partial charge < -0.3 is 0 Å². The van der Waals surface area contributed by atoms with Gasteiger partial charge in [-0.25, -0.2) is 4.39 Å². The summed E-state index contributed by atoms with van der Waals surface area (Å²) in [6.07, 6.45) is 1.62. The Balaban J connectivity index is 2.30. The topological polar surface area (TPSA) is 43.1 Å². The molecule has 0 atom stereocenters. The first-order valence-corrected chi connectivity index (χ1v) is 6.21. The number of allylic oxidation sites excluding steroid dienone is 1. The Morgan fingerprint density at radius 1 is 1.25 bits per heavy atom. The van der Waals surface area contributed by atoms with E-state index in [1.165, 1.54) is 12.1 Å². The van der Waals surface area contributed by atoms with Crippen LogP contribution in [0.3, 0.4) is 0 Å². The van der Waals surface area contributed by atoms with Crippen molar-refractivity contribution in [3.05, 3.63) is 86.8 Å². The summed E-state index contributed by atoms with van der Waals surface area (Å²) >= 11 is 0. The van der Waals surface area contributed by atoms with Crippen molar-refractivity contribution in [3.63, 3.8) is 0 Å². The Labute approximate surface area is 116 Å². The van der Waals surface area contributed by atoms with Crippen LogP contribution in [0.25, 0.3) is 6.08 Å². The van der Waals surface area contributed by atoms with Gasteiger partial charge in [-0.1, -0.05) is 42.5 Å². The Hall–Kier alpha value is -2.49. The molecule has 0 saturated heterocycles. The highest BCUT2D eigenvalue weighted by Crippen LogP contribution is 2.16. The smallest absolute Gasteiger partial charge is 0.251 e. The zero-order chi connectivity index (χ0) is 14.5. The fourth-order valence-corrected chi connectivity index (χ4v) is 1.86. The van der Waals surface area contributed by atoms with Crippen molar-refractivity contribution in [3.8, 4) is 0 Å². The molecule has 0 N–H and O–H groups in total. The molecule has 3 nitrogen and oxygen atoms in total. The minimum atomic E-state index is -0.426. The SMILES string of the molecule is Cc1ccc(C=C(Cc2ccccc2)[N+](=O)[O-])cc1F. The van der Waals surface area contributed by atoms with E-state index in [0.29, 0.717) is 11.1 Å². The Morgan fingerprint density at radius 2 is 1.95 bits per heavy atom. The fraction of sp³-hybridized carbons (Fsp3) is 0.125. The number of benzene rings is 2. The molecule has 4 heteroatoms. The Morgan fingerprint density at radius 3 is 2.55 bits per heavy atom. The molecule has 0 unspecified atom stereocenters. The quantitative estimate of drug-likeness (QED) is 0.623. The minimum Gasteiger partial charge on any atom is -0.259 e. The molecule has 0 heterocycles. The zero-order valence-corrected chi connectivity index (χ0v) is 11.0. The number of hydrogen-bond donors (Lipinski definition) is 0. The van der Waals surface area contributed by atoms with E-state index in [1.54, 1.807) is 19.1 Å². The molecule has 2 aromatic carbocycles. The van der Waals surface area contributed by atoms with Crippen LogP contribution in [0.5, 0.6) is 0 Å². The predicted molar refractivity (Wildman–Crippen MR) is 76.3 cm³/mol. The highest BCUT2D eigenvalue weighted by atomic mass is 19.1. The van der Waals surface area contributed by atoms with Crippen molar-refractivity contribution < 1.29 is 9.31 Å². The standard InChI is InChI=1S/C16H14FNO2/c1-12-7-8-14(11-16(12)17)10-15(18(19)20)9-13-5-3-2-4-6-13/h2-8,10-11H,9H2,1H3. The lowest BCUT2D eigenvalue weighted by atomic mass is 10.1. The summed E-state index contributed by atoms with van der Waals surface area (Å²) in [5.41, 5.74) is 1.91. The summed E-state index contributed by atoms with van der Waals surface area (Å²) in [6, 6.07) is 13.8. The third-order valence-electron chi connectivity index (χ3n) is 2.99. The molecule has 0 aromatic heterocycles. The van der Waals surface area contributed by atoms with Gasteiger partial charge in [-0.3, -0.25) is 10.1 Å². The monoisotopic (exact) mass is 271 g/mol. The third kappa shape index (κ3) is 3.51. The van der Waals surface area contributed by atoms with Crippen molar-refractivity contribution in [1.82, 2.24) is 0 Å².